The lowest BCUT2D eigenvalue weighted by atomic mass is 10.0. The van der Waals surface area contributed by atoms with Crippen molar-refractivity contribution in [3.05, 3.63) is 90.0 Å². The van der Waals surface area contributed by atoms with Crippen LogP contribution in [0.25, 0.3) is 11.1 Å². The molecule has 0 bridgehead atoms. The van der Waals surface area contributed by atoms with Gasteiger partial charge < -0.3 is 9.84 Å². The van der Waals surface area contributed by atoms with Crippen molar-refractivity contribution < 1.29 is 19.4 Å². The molecule has 0 aromatic heterocycles. The van der Waals surface area contributed by atoms with Crippen LogP contribution in [-0.2, 0) is 20.9 Å². The molecular formula is C24H22O4S. The maximum absolute atomic E-state index is 12.2. The number of rotatable bonds is 7. The summed E-state index contributed by atoms with van der Waals surface area (Å²) < 4.78 is 5.20. The average molecular weight is 407 g/mol. The molecule has 1 unspecified atom stereocenters. The van der Waals surface area contributed by atoms with Crippen LogP contribution in [0.1, 0.15) is 30.6 Å². The number of aliphatic hydroxyl groups excluding tert-OH is 1. The van der Waals surface area contributed by atoms with Crippen LogP contribution in [0.5, 0.6) is 0 Å². The smallest absolute Gasteiger partial charge is 0.339 e. The highest BCUT2D eigenvalue weighted by atomic mass is 32.2. The minimum atomic E-state index is -1.35. The number of hydrogen-bond donors (Lipinski definition) is 1. The predicted molar refractivity (Wildman–Crippen MR) is 114 cm³/mol. The van der Waals surface area contributed by atoms with E-state index < -0.39 is 12.1 Å². The molecule has 0 amide bonds. The molecule has 0 heterocycles. The molecule has 0 aliphatic carbocycles. The Labute approximate surface area is 174 Å². The summed E-state index contributed by atoms with van der Waals surface area (Å²) in [6.07, 6.45) is -0.881. The van der Waals surface area contributed by atoms with Crippen molar-refractivity contribution in [2.75, 3.05) is 0 Å². The second kappa shape index (κ2) is 10.0. The molecule has 1 N–H and O–H groups in total. The second-order valence-electron chi connectivity index (χ2n) is 6.44. The van der Waals surface area contributed by atoms with Crippen molar-refractivity contribution in [3.8, 4) is 11.1 Å². The summed E-state index contributed by atoms with van der Waals surface area (Å²) >= 11 is 1.22. The second-order valence-corrected chi connectivity index (χ2v) is 7.54. The van der Waals surface area contributed by atoms with Crippen LogP contribution >= 0.6 is 11.8 Å². The van der Waals surface area contributed by atoms with E-state index in [2.05, 4.69) is 0 Å². The third-order valence-corrected chi connectivity index (χ3v) is 5.48. The quantitative estimate of drug-likeness (QED) is 0.434. The Bertz CT molecular complexity index is 968. The van der Waals surface area contributed by atoms with Crippen molar-refractivity contribution in [3.63, 3.8) is 0 Å². The van der Waals surface area contributed by atoms with Crippen LogP contribution < -0.4 is 0 Å². The largest absolute Gasteiger partial charge is 0.459 e. The number of carbonyl (C=O) groups is 2. The van der Waals surface area contributed by atoms with Gasteiger partial charge in [0, 0.05) is 11.3 Å². The van der Waals surface area contributed by atoms with Gasteiger partial charge in [-0.15, -0.1) is 0 Å². The topological polar surface area (TPSA) is 63.6 Å². The first-order valence-electron chi connectivity index (χ1n) is 9.37. The maximum Gasteiger partial charge on any atom is 0.339 e. The molecule has 3 aromatic rings. The van der Waals surface area contributed by atoms with Gasteiger partial charge in [0.15, 0.2) is 11.2 Å². The summed E-state index contributed by atoms with van der Waals surface area (Å²) in [5.74, 6) is -0.689. The normalized spacial score (nSPS) is 11.7. The Morgan fingerprint density at radius 1 is 0.931 bits per heavy atom. The number of hydrogen-bond acceptors (Lipinski definition) is 5. The lowest BCUT2D eigenvalue weighted by Gasteiger charge is -2.13. The van der Waals surface area contributed by atoms with Crippen molar-refractivity contribution in [1.29, 1.82) is 0 Å². The Morgan fingerprint density at radius 3 is 2.28 bits per heavy atom. The maximum atomic E-state index is 12.2. The van der Waals surface area contributed by atoms with Crippen molar-refractivity contribution in [2.45, 2.75) is 31.0 Å². The van der Waals surface area contributed by atoms with Gasteiger partial charge in [-0.25, -0.2) is 4.79 Å². The minimum Gasteiger partial charge on any atom is -0.459 e. The molecule has 0 fully saturated rings. The zero-order valence-electron chi connectivity index (χ0n) is 16.1. The predicted octanol–water partition coefficient (Wildman–Crippen LogP) is 5.16. The molecule has 29 heavy (non-hydrogen) atoms. The first-order valence-corrected chi connectivity index (χ1v) is 10.2. The molecule has 4 nitrogen and oxygen atoms in total. The van der Waals surface area contributed by atoms with Gasteiger partial charge in [0.25, 0.3) is 0 Å². The molecular weight excluding hydrogens is 384 g/mol. The molecule has 5 heteroatoms. The Balaban J connectivity index is 1.70. The number of aliphatic hydroxyl groups is 1. The van der Waals surface area contributed by atoms with Gasteiger partial charge in [-0.2, -0.15) is 0 Å². The van der Waals surface area contributed by atoms with Crippen molar-refractivity contribution in [2.24, 2.45) is 0 Å². The first kappa shape index (κ1) is 20.8. The zero-order valence-corrected chi connectivity index (χ0v) is 16.9. The fraction of sp³-hybridized carbons (Fsp3) is 0.167. The van der Waals surface area contributed by atoms with Crippen LogP contribution in [0.4, 0.5) is 0 Å². The lowest BCUT2D eigenvalue weighted by Crippen LogP contribution is -2.15. The van der Waals surface area contributed by atoms with Gasteiger partial charge in [0.1, 0.15) is 6.61 Å². The van der Waals surface area contributed by atoms with Crippen molar-refractivity contribution >= 4 is 22.8 Å². The highest BCUT2D eigenvalue weighted by Gasteiger charge is 2.19. The number of esters is 1. The van der Waals surface area contributed by atoms with E-state index in [1.165, 1.54) is 11.8 Å². The van der Waals surface area contributed by atoms with E-state index in [0.717, 1.165) is 21.6 Å². The van der Waals surface area contributed by atoms with Gasteiger partial charge in [-0.1, -0.05) is 91.5 Å². The third-order valence-electron chi connectivity index (χ3n) is 4.38. The fourth-order valence-electron chi connectivity index (χ4n) is 2.78. The van der Waals surface area contributed by atoms with E-state index in [4.69, 9.17) is 4.74 Å². The van der Waals surface area contributed by atoms with Crippen LogP contribution in [-0.4, -0.2) is 16.2 Å². The molecule has 3 rings (SSSR count). The number of carbonyl (C=O) groups excluding carboxylic acids is 2. The molecule has 0 saturated heterocycles. The zero-order chi connectivity index (χ0) is 20.6. The van der Waals surface area contributed by atoms with Crippen LogP contribution in [0.15, 0.2) is 83.8 Å². The summed E-state index contributed by atoms with van der Waals surface area (Å²) in [4.78, 5) is 24.9. The minimum absolute atomic E-state index is 0.102. The van der Waals surface area contributed by atoms with E-state index in [9.17, 15) is 14.7 Å². The number of ether oxygens (including phenoxy) is 1. The standard InChI is InChI=1S/C24H22O4S/c1-2-22(25)29-21-11-7-6-10-20(21)18-12-14-19(15-13-18)23(26)24(27)28-16-17-8-4-3-5-9-17/h3-15,23,26H,2,16H2,1H3. The van der Waals surface area contributed by atoms with E-state index in [-0.39, 0.29) is 11.7 Å². The van der Waals surface area contributed by atoms with E-state index in [1.807, 2.05) is 73.7 Å². The molecule has 0 radical (unpaired) electrons. The SMILES string of the molecule is CCC(=O)Sc1ccccc1-c1ccc(C(O)C(=O)OCc2ccccc2)cc1. The Hall–Kier alpha value is -2.89. The summed E-state index contributed by atoms with van der Waals surface area (Å²) in [7, 11) is 0. The fourth-order valence-corrected chi connectivity index (χ4v) is 3.61. The number of benzene rings is 3. The van der Waals surface area contributed by atoms with E-state index in [0.29, 0.717) is 12.0 Å². The molecule has 0 aliphatic rings. The van der Waals surface area contributed by atoms with Crippen LogP contribution in [0, 0.1) is 0 Å². The van der Waals surface area contributed by atoms with Gasteiger partial charge in [-0.3, -0.25) is 4.79 Å². The summed E-state index contributed by atoms with van der Waals surface area (Å²) in [6, 6.07) is 24.1. The van der Waals surface area contributed by atoms with E-state index in [1.54, 1.807) is 12.1 Å². The Morgan fingerprint density at radius 2 is 1.59 bits per heavy atom. The van der Waals surface area contributed by atoms with E-state index >= 15 is 0 Å². The molecule has 0 spiro atoms. The first-order chi connectivity index (χ1) is 14.1. The van der Waals surface area contributed by atoms with Crippen LogP contribution in [0.3, 0.4) is 0 Å². The monoisotopic (exact) mass is 406 g/mol. The molecule has 0 saturated carbocycles. The summed E-state index contributed by atoms with van der Waals surface area (Å²) in [6.45, 7) is 1.95. The summed E-state index contributed by atoms with van der Waals surface area (Å²) in [5, 5.41) is 10.4. The highest BCUT2D eigenvalue weighted by Crippen LogP contribution is 2.33. The third kappa shape index (κ3) is 5.56. The highest BCUT2D eigenvalue weighted by molar-refractivity contribution is 8.13. The van der Waals surface area contributed by atoms with Gasteiger partial charge >= 0.3 is 5.97 Å². The van der Waals surface area contributed by atoms with Gasteiger partial charge in [-0.05, 0) is 28.3 Å². The molecule has 3 aromatic carbocycles. The van der Waals surface area contributed by atoms with Gasteiger partial charge in [0.05, 0.1) is 0 Å². The molecule has 0 aliphatic heterocycles. The molecule has 1 atom stereocenters. The summed E-state index contributed by atoms with van der Waals surface area (Å²) in [5.41, 5.74) is 3.17. The number of thioether (sulfide) groups is 1. The Kier molecular flexibility index (Phi) is 7.22. The van der Waals surface area contributed by atoms with Gasteiger partial charge in [0.2, 0.25) is 0 Å². The van der Waals surface area contributed by atoms with Crippen LogP contribution in [0.2, 0.25) is 0 Å². The molecule has 148 valence electrons. The average Bonchev–Trinajstić information content (AvgIpc) is 2.78. The lowest BCUT2D eigenvalue weighted by molar-refractivity contribution is -0.155. The van der Waals surface area contributed by atoms with Crippen molar-refractivity contribution in [1.82, 2.24) is 0 Å².